The number of ketones is 1. The summed E-state index contributed by atoms with van der Waals surface area (Å²) in [4.78, 5) is 11.7. The molecule has 1 aliphatic carbocycles. The average Bonchev–Trinajstić information content (AvgIpc) is 2.20. The molecule has 1 heterocycles. The third-order valence-electron chi connectivity index (χ3n) is 2.78. The van der Waals surface area contributed by atoms with E-state index in [0.29, 0.717) is 18.0 Å². The molecule has 1 aromatic rings. The summed E-state index contributed by atoms with van der Waals surface area (Å²) in [6.07, 6.45) is 5.67. The molecule has 74 valence electrons. The predicted molar refractivity (Wildman–Crippen MR) is 53.6 cm³/mol. The molecule has 2 N–H and O–H groups in total. The van der Waals surface area contributed by atoms with E-state index in [1.807, 2.05) is 29.0 Å². The minimum Gasteiger partial charge on any atom is -0.295 e. The SMILES string of the molecule is Nc1cccc[n+]1C1CCCCC1=O. The van der Waals surface area contributed by atoms with Crippen molar-refractivity contribution in [1.82, 2.24) is 0 Å². The van der Waals surface area contributed by atoms with Gasteiger partial charge in [0.2, 0.25) is 0 Å². The summed E-state index contributed by atoms with van der Waals surface area (Å²) < 4.78 is 1.89. The van der Waals surface area contributed by atoms with Gasteiger partial charge in [0, 0.05) is 12.5 Å². The van der Waals surface area contributed by atoms with Crippen LogP contribution >= 0.6 is 0 Å². The summed E-state index contributed by atoms with van der Waals surface area (Å²) in [6.45, 7) is 0. The Morgan fingerprint density at radius 3 is 2.93 bits per heavy atom. The second-order valence-electron chi connectivity index (χ2n) is 3.76. The second kappa shape index (κ2) is 3.78. The van der Waals surface area contributed by atoms with E-state index < -0.39 is 0 Å². The van der Waals surface area contributed by atoms with E-state index in [1.165, 1.54) is 0 Å². The summed E-state index contributed by atoms with van der Waals surface area (Å²) in [7, 11) is 0. The van der Waals surface area contributed by atoms with E-state index >= 15 is 0 Å². The highest BCUT2D eigenvalue weighted by molar-refractivity contribution is 5.81. The maximum absolute atomic E-state index is 11.7. The molecule has 1 aromatic heterocycles. The van der Waals surface area contributed by atoms with Crippen molar-refractivity contribution in [2.45, 2.75) is 31.7 Å². The fraction of sp³-hybridized carbons (Fsp3) is 0.455. The van der Waals surface area contributed by atoms with E-state index in [2.05, 4.69) is 0 Å². The Balaban J connectivity index is 2.29. The number of carbonyl (C=O) groups is 1. The molecule has 2 rings (SSSR count). The fourth-order valence-electron chi connectivity index (χ4n) is 2.01. The lowest BCUT2D eigenvalue weighted by molar-refractivity contribution is -0.696. The third-order valence-corrected chi connectivity index (χ3v) is 2.78. The van der Waals surface area contributed by atoms with Crippen molar-refractivity contribution >= 4 is 11.6 Å². The van der Waals surface area contributed by atoms with Gasteiger partial charge in [-0.2, -0.15) is 0 Å². The summed E-state index contributed by atoms with van der Waals surface area (Å²) in [6, 6.07) is 5.61. The summed E-state index contributed by atoms with van der Waals surface area (Å²) in [5.41, 5.74) is 5.82. The van der Waals surface area contributed by atoms with Crippen molar-refractivity contribution < 1.29 is 9.36 Å². The van der Waals surface area contributed by atoms with E-state index in [-0.39, 0.29) is 6.04 Å². The normalized spacial score (nSPS) is 22.3. The maximum Gasteiger partial charge on any atom is 0.272 e. The van der Waals surface area contributed by atoms with Crippen LogP contribution in [0.2, 0.25) is 0 Å². The van der Waals surface area contributed by atoms with Crippen LogP contribution in [-0.4, -0.2) is 5.78 Å². The molecule has 0 spiro atoms. The smallest absolute Gasteiger partial charge is 0.272 e. The molecule has 1 atom stereocenters. The van der Waals surface area contributed by atoms with Gasteiger partial charge in [0.25, 0.3) is 5.82 Å². The van der Waals surface area contributed by atoms with Gasteiger partial charge < -0.3 is 0 Å². The monoisotopic (exact) mass is 191 g/mol. The minimum absolute atomic E-state index is 0.0232. The zero-order valence-corrected chi connectivity index (χ0v) is 8.15. The summed E-state index contributed by atoms with van der Waals surface area (Å²) in [5, 5.41) is 0. The Morgan fingerprint density at radius 1 is 1.36 bits per heavy atom. The highest BCUT2D eigenvalue weighted by Crippen LogP contribution is 2.21. The first-order valence-corrected chi connectivity index (χ1v) is 5.07. The topological polar surface area (TPSA) is 47.0 Å². The zero-order valence-electron chi connectivity index (χ0n) is 8.15. The molecule has 0 bridgehead atoms. The second-order valence-corrected chi connectivity index (χ2v) is 3.76. The van der Waals surface area contributed by atoms with Crippen LogP contribution in [0, 0.1) is 0 Å². The van der Waals surface area contributed by atoms with Gasteiger partial charge in [-0.15, -0.1) is 0 Å². The number of hydrogen-bond acceptors (Lipinski definition) is 2. The molecule has 0 saturated heterocycles. The van der Waals surface area contributed by atoms with Crippen LogP contribution in [0.4, 0.5) is 5.82 Å². The number of nitrogens with zero attached hydrogens (tertiary/aromatic N) is 1. The molecular weight excluding hydrogens is 176 g/mol. The van der Waals surface area contributed by atoms with E-state index in [4.69, 9.17) is 5.73 Å². The van der Waals surface area contributed by atoms with Gasteiger partial charge in [0.05, 0.1) is 6.20 Å². The van der Waals surface area contributed by atoms with Gasteiger partial charge in [-0.25, -0.2) is 4.57 Å². The molecule has 1 unspecified atom stereocenters. The number of nitrogens with two attached hydrogens (primary N) is 1. The highest BCUT2D eigenvalue weighted by atomic mass is 16.1. The van der Waals surface area contributed by atoms with Crippen LogP contribution in [-0.2, 0) is 4.79 Å². The van der Waals surface area contributed by atoms with Gasteiger partial charge in [0.1, 0.15) is 0 Å². The molecule has 3 heteroatoms. The van der Waals surface area contributed by atoms with Crippen LogP contribution < -0.4 is 10.3 Å². The molecular formula is C11H15N2O+. The summed E-state index contributed by atoms with van der Waals surface area (Å²) >= 11 is 0. The Hall–Kier alpha value is -1.38. The number of Topliss-reactive ketones (excluding diaryl/α,β-unsaturated/α-hetero) is 1. The molecule has 0 radical (unpaired) electrons. The van der Waals surface area contributed by atoms with Crippen molar-refractivity contribution in [2.75, 3.05) is 5.73 Å². The lowest BCUT2D eigenvalue weighted by atomic mass is 9.94. The lowest BCUT2D eigenvalue weighted by Crippen LogP contribution is -2.47. The van der Waals surface area contributed by atoms with Gasteiger partial charge in [-0.1, -0.05) is 6.07 Å². The van der Waals surface area contributed by atoms with Crippen molar-refractivity contribution in [1.29, 1.82) is 0 Å². The molecule has 14 heavy (non-hydrogen) atoms. The van der Waals surface area contributed by atoms with Crippen LogP contribution in [0.25, 0.3) is 0 Å². The number of aromatic nitrogens is 1. The number of carbonyl (C=O) groups excluding carboxylic acids is 1. The van der Waals surface area contributed by atoms with E-state index in [9.17, 15) is 4.79 Å². The number of anilines is 1. The first-order chi connectivity index (χ1) is 6.79. The zero-order chi connectivity index (χ0) is 9.97. The van der Waals surface area contributed by atoms with Crippen molar-refractivity contribution in [3.05, 3.63) is 24.4 Å². The highest BCUT2D eigenvalue weighted by Gasteiger charge is 2.28. The van der Waals surface area contributed by atoms with Crippen LogP contribution in [0.3, 0.4) is 0 Å². The number of pyridine rings is 1. The predicted octanol–water partition coefficient (Wildman–Crippen LogP) is 1.24. The van der Waals surface area contributed by atoms with E-state index in [0.717, 1.165) is 19.3 Å². The van der Waals surface area contributed by atoms with E-state index in [1.54, 1.807) is 0 Å². The fourth-order valence-corrected chi connectivity index (χ4v) is 2.01. The van der Waals surface area contributed by atoms with Crippen LogP contribution in [0.5, 0.6) is 0 Å². The number of rotatable bonds is 1. The quantitative estimate of drug-likeness (QED) is 0.679. The Bertz CT molecular complexity index is 349. The lowest BCUT2D eigenvalue weighted by Gasteiger charge is -2.19. The first kappa shape index (κ1) is 9.19. The average molecular weight is 191 g/mol. The number of nitrogen functional groups attached to an aromatic ring is 1. The number of hydrogen-bond donors (Lipinski definition) is 1. The Morgan fingerprint density at radius 2 is 2.21 bits per heavy atom. The molecule has 1 aliphatic rings. The Kier molecular flexibility index (Phi) is 2.48. The van der Waals surface area contributed by atoms with Crippen molar-refractivity contribution in [2.24, 2.45) is 0 Å². The van der Waals surface area contributed by atoms with Crippen molar-refractivity contribution in [3.63, 3.8) is 0 Å². The summed E-state index contributed by atoms with van der Waals surface area (Å²) in [5.74, 6) is 0.993. The van der Waals surface area contributed by atoms with Crippen LogP contribution in [0.15, 0.2) is 24.4 Å². The standard InChI is InChI=1S/C11H14N2O/c12-11-7-3-4-8-13(11)9-5-1-2-6-10(9)14/h3-4,7-9,12H,1-2,5-6H2/p+1. The largest absolute Gasteiger partial charge is 0.295 e. The van der Waals surface area contributed by atoms with Crippen molar-refractivity contribution in [3.8, 4) is 0 Å². The van der Waals surface area contributed by atoms with Gasteiger partial charge in [0.15, 0.2) is 11.8 Å². The molecule has 0 amide bonds. The third kappa shape index (κ3) is 1.62. The van der Waals surface area contributed by atoms with Gasteiger partial charge >= 0.3 is 0 Å². The minimum atomic E-state index is -0.0232. The molecule has 3 nitrogen and oxygen atoms in total. The molecule has 0 aliphatic heterocycles. The maximum atomic E-state index is 11.7. The molecule has 0 aromatic carbocycles. The van der Waals surface area contributed by atoms with Gasteiger partial charge in [-0.3, -0.25) is 10.5 Å². The van der Waals surface area contributed by atoms with Crippen LogP contribution in [0.1, 0.15) is 31.7 Å². The molecule has 1 saturated carbocycles. The first-order valence-electron chi connectivity index (χ1n) is 5.07. The van der Waals surface area contributed by atoms with Gasteiger partial charge in [-0.05, 0) is 25.3 Å². The Labute approximate surface area is 83.5 Å². The molecule has 1 fully saturated rings.